The lowest BCUT2D eigenvalue weighted by Crippen LogP contribution is -2.49. The van der Waals surface area contributed by atoms with Gasteiger partial charge in [-0.3, -0.25) is 15.0 Å². The Labute approximate surface area is 149 Å². The van der Waals surface area contributed by atoms with Crippen LogP contribution < -0.4 is 27.4 Å². The molecule has 0 aliphatic carbocycles. The van der Waals surface area contributed by atoms with Crippen molar-refractivity contribution in [2.75, 3.05) is 13.1 Å². The molecule has 10 N–H and O–H groups in total. The molecule has 0 bridgehead atoms. The normalized spacial score (nSPS) is 12.7. The number of carboxylic acids is 1. The van der Waals surface area contributed by atoms with Gasteiger partial charge in [-0.05, 0) is 12.8 Å². The van der Waals surface area contributed by atoms with Crippen molar-refractivity contribution in [2.24, 2.45) is 11.5 Å². The standard InChI is InChI=1S/C14H24N8O4/c15-9(2-1-3-19-14(16)17)12(24)20-6-11(23)22-10(13(25)26)4-8-5-18-7-21-8/h5,7,9-10H,1-4,6,15H2,(H,18,21)(H,20,24)(H,22,23)(H,25,26)(H4,16,17,19)/t9-,10-/m0/s1. The van der Waals surface area contributed by atoms with Crippen molar-refractivity contribution >= 4 is 23.7 Å². The molecule has 2 amide bonds. The van der Waals surface area contributed by atoms with Gasteiger partial charge >= 0.3 is 5.97 Å². The highest BCUT2D eigenvalue weighted by Gasteiger charge is 2.22. The number of hydrogen-bond donors (Lipinski definition) is 8. The van der Waals surface area contributed by atoms with Gasteiger partial charge in [0.25, 0.3) is 0 Å². The first-order valence-electron chi connectivity index (χ1n) is 7.90. The van der Waals surface area contributed by atoms with Crippen molar-refractivity contribution in [3.05, 3.63) is 18.2 Å². The van der Waals surface area contributed by atoms with E-state index in [-0.39, 0.29) is 18.9 Å². The summed E-state index contributed by atoms with van der Waals surface area (Å²) in [6.45, 7) is 0.0207. The maximum atomic E-state index is 11.8. The third-order valence-corrected chi connectivity index (χ3v) is 3.37. The average Bonchev–Trinajstić information content (AvgIpc) is 3.08. The number of nitrogens with zero attached hydrogens (tertiary/aromatic N) is 1. The number of hydrogen-bond acceptors (Lipinski definition) is 6. The molecule has 12 heteroatoms. The second-order valence-corrected chi connectivity index (χ2v) is 5.53. The van der Waals surface area contributed by atoms with E-state index in [0.717, 1.165) is 0 Å². The number of nitrogens with one attached hydrogen (secondary N) is 5. The summed E-state index contributed by atoms with van der Waals surface area (Å²) in [5.74, 6) is -2.54. The van der Waals surface area contributed by atoms with Gasteiger partial charge in [-0.25, -0.2) is 9.78 Å². The maximum Gasteiger partial charge on any atom is 0.326 e. The molecule has 1 rings (SSSR count). The maximum absolute atomic E-state index is 11.8. The molecule has 0 aliphatic heterocycles. The van der Waals surface area contributed by atoms with E-state index in [4.69, 9.17) is 22.0 Å². The van der Waals surface area contributed by atoms with E-state index in [9.17, 15) is 14.4 Å². The molecule has 26 heavy (non-hydrogen) atoms. The van der Waals surface area contributed by atoms with Crippen LogP contribution in [0.4, 0.5) is 0 Å². The van der Waals surface area contributed by atoms with Gasteiger partial charge in [0.05, 0.1) is 24.6 Å². The number of carbonyl (C=O) groups excluding carboxylic acids is 2. The van der Waals surface area contributed by atoms with Crippen LogP contribution in [0.25, 0.3) is 0 Å². The fourth-order valence-corrected chi connectivity index (χ4v) is 2.03. The number of nitrogens with two attached hydrogens (primary N) is 2. The van der Waals surface area contributed by atoms with Gasteiger partial charge in [-0.1, -0.05) is 0 Å². The van der Waals surface area contributed by atoms with Crippen LogP contribution in [-0.4, -0.2) is 64.0 Å². The van der Waals surface area contributed by atoms with E-state index in [1.165, 1.54) is 12.5 Å². The molecular weight excluding hydrogens is 344 g/mol. The molecule has 1 aromatic rings. The number of aromatic nitrogens is 2. The highest BCUT2D eigenvalue weighted by atomic mass is 16.4. The lowest BCUT2D eigenvalue weighted by molar-refractivity contribution is -0.141. The van der Waals surface area contributed by atoms with Crippen molar-refractivity contribution in [1.29, 1.82) is 5.41 Å². The molecule has 12 nitrogen and oxygen atoms in total. The summed E-state index contributed by atoms with van der Waals surface area (Å²) >= 11 is 0. The van der Waals surface area contributed by atoms with Crippen molar-refractivity contribution in [2.45, 2.75) is 31.3 Å². The van der Waals surface area contributed by atoms with E-state index in [2.05, 4.69) is 25.9 Å². The Balaban J connectivity index is 2.33. The van der Waals surface area contributed by atoms with Crippen LogP contribution in [0.5, 0.6) is 0 Å². The molecule has 0 radical (unpaired) electrons. The number of aromatic amines is 1. The number of carboxylic acid groups (broad SMARTS) is 1. The van der Waals surface area contributed by atoms with Crippen molar-refractivity contribution in [3.8, 4) is 0 Å². The monoisotopic (exact) mass is 368 g/mol. The number of rotatable bonds is 11. The summed E-state index contributed by atoms with van der Waals surface area (Å²) in [6, 6.07) is -1.98. The second kappa shape index (κ2) is 10.7. The summed E-state index contributed by atoms with van der Waals surface area (Å²) < 4.78 is 0. The molecular formula is C14H24N8O4. The highest BCUT2D eigenvalue weighted by molar-refractivity contribution is 5.89. The molecule has 0 saturated heterocycles. The predicted molar refractivity (Wildman–Crippen MR) is 92.0 cm³/mol. The summed E-state index contributed by atoms with van der Waals surface area (Å²) in [5.41, 5.74) is 11.3. The molecule has 0 fully saturated rings. The van der Waals surface area contributed by atoms with E-state index < -0.39 is 29.9 Å². The lowest BCUT2D eigenvalue weighted by Gasteiger charge is -2.15. The molecule has 2 atom stereocenters. The number of guanidine groups is 1. The molecule has 0 saturated carbocycles. The summed E-state index contributed by atoms with van der Waals surface area (Å²) in [7, 11) is 0. The first-order valence-corrected chi connectivity index (χ1v) is 7.90. The molecule has 1 heterocycles. The highest BCUT2D eigenvalue weighted by Crippen LogP contribution is 1.99. The fraction of sp³-hybridized carbons (Fsp3) is 0.500. The lowest BCUT2D eigenvalue weighted by atomic mass is 10.1. The minimum absolute atomic E-state index is 0.0151. The quantitative estimate of drug-likeness (QED) is 0.116. The zero-order chi connectivity index (χ0) is 19.5. The largest absolute Gasteiger partial charge is 0.480 e. The van der Waals surface area contributed by atoms with Crippen molar-refractivity contribution in [1.82, 2.24) is 25.9 Å². The van der Waals surface area contributed by atoms with Gasteiger partial charge in [0.15, 0.2) is 5.96 Å². The molecule has 1 aromatic heterocycles. The zero-order valence-corrected chi connectivity index (χ0v) is 14.1. The Morgan fingerprint density at radius 3 is 2.65 bits per heavy atom. The van der Waals surface area contributed by atoms with Gasteiger partial charge in [0.2, 0.25) is 11.8 Å². The Morgan fingerprint density at radius 1 is 1.35 bits per heavy atom. The third kappa shape index (κ3) is 8.10. The SMILES string of the molecule is N=C(N)NCCC[C@H](N)C(=O)NCC(=O)N[C@@H](Cc1c[nH]cn1)C(=O)O. The number of imidazole rings is 1. The van der Waals surface area contributed by atoms with E-state index in [1.807, 2.05) is 0 Å². The van der Waals surface area contributed by atoms with Crippen LogP contribution in [0.1, 0.15) is 18.5 Å². The summed E-state index contributed by atoms with van der Waals surface area (Å²) in [4.78, 5) is 41.5. The van der Waals surface area contributed by atoms with E-state index in [0.29, 0.717) is 25.1 Å². The number of H-pyrrole nitrogens is 1. The summed E-state index contributed by atoms with van der Waals surface area (Å²) in [5, 5.41) is 23.4. The molecule has 0 aromatic carbocycles. The van der Waals surface area contributed by atoms with E-state index >= 15 is 0 Å². The minimum atomic E-state index is -1.21. The average molecular weight is 368 g/mol. The minimum Gasteiger partial charge on any atom is -0.480 e. The third-order valence-electron chi connectivity index (χ3n) is 3.37. The molecule has 0 unspecified atom stereocenters. The van der Waals surface area contributed by atoms with Gasteiger partial charge in [-0.15, -0.1) is 0 Å². The van der Waals surface area contributed by atoms with Gasteiger partial charge in [-0.2, -0.15) is 0 Å². The van der Waals surface area contributed by atoms with Crippen LogP contribution in [0.3, 0.4) is 0 Å². The Hall–Kier alpha value is -3.15. The van der Waals surface area contributed by atoms with Crippen LogP contribution >= 0.6 is 0 Å². The smallest absolute Gasteiger partial charge is 0.326 e. The Morgan fingerprint density at radius 2 is 2.08 bits per heavy atom. The Bertz CT molecular complexity index is 618. The van der Waals surface area contributed by atoms with Crippen LogP contribution in [0.15, 0.2) is 12.5 Å². The number of carbonyl (C=O) groups is 3. The molecule has 144 valence electrons. The number of aliphatic carboxylic acids is 1. The topological polar surface area (TPSA) is 212 Å². The summed E-state index contributed by atoms with van der Waals surface area (Å²) in [6.07, 6.45) is 3.81. The first kappa shape index (κ1) is 20.9. The van der Waals surface area contributed by atoms with Crippen LogP contribution in [-0.2, 0) is 20.8 Å². The van der Waals surface area contributed by atoms with Crippen molar-refractivity contribution < 1.29 is 19.5 Å². The molecule has 0 spiro atoms. The molecule has 0 aliphatic rings. The van der Waals surface area contributed by atoms with Gasteiger partial charge in [0, 0.05) is 19.2 Å². The van der Waals surface area contributed by atoms with Crippen LogP contribution in [0, 0.1) is 5.41 Å². The Kier molecular flexibility index (Phi) is 8.57. The van der Waals surface area contributed by atoms with Gasteiger partial charge in [0.1, 0.15) is 6.04 Å². The number of amides is 2. The van der Waals surface area contributed by atoms with Crippen molar-refractivity contribution in [3.63, 3.8) is 0 Å². The fourth-order valence-electron chi connectivity index (χ4n) is 2.03. The van der Waals surface area contributed by atoms with Crippen LogP contribution in [0.2, 0.25) is 0 Å². The zero-order valence-electron chi connectivity index (χ0n) is 14.1. The second-order valence-electron chi connectivity index (χ2n) is 5.53. The predicted octanol–water partition coefficient (Wildman–Crippen LogP) is -2.77. The van der Waals surface area contributed by atoms with E-state index in [1.54, 1.807) is 0 Å². The first-order chi connectivity index (χ1) is 12.3. The van der Waals surface area contributed by atoms with Gasteiger partial charge < -0.3 is 37.5 Å².